The van der Waals surface area contributed by atoms with Gasteiger partial charge in [0.05, 0.1) is 11.2 Å². The van der Waals surface area contributed by atoms with Crippen LogP contribution in [0.5, 0.6) is 5.75 Å². The van der Waals surface area contributed by atoms with Crippen molar-refractivity contribution in [1.82, 2.24) is 14.8 Å². The molecule has 5 rings (SSSR count). The number of rotatable bonds is 4. The summed E-state index contributed by atoms with van der Waals surface area (Å²) in [7, 11) is 2.17. The van der Waals surface area contributed by atoms with Gasteiger partial charge in [0.1, 0.15) is 11.9 Å². The predicted octanol–water partition coefficient (Wildman–Crippen LogP) is 5.59. The molecule has 7 nitrogen and oxygen atoms in total. The third kappa shape index (κ3) is 5.37. The van der Waals surface area contributed by atoms with Crippen LogP contribution < -0.4 is 9.64 Å². The summed E-state index contributed by atoms with van der Waals surface area (Å²) < 4.78 is 6.38. The second kappa shape index (κ2) is 10.2. The molecule has 37 heavy (non-hydrogen) atoms. The van der Waals surface area contributed by atoms with E-state index in [9.17, 15) is 9.90 Å². The van der Waals surface area contributed by atoms with Gasteiger partial charge in [0.25, 0.3) is 0 Å². The van der Waals surface area contributed by atoms with E-state index in [2.05, 4.69) is 68.0 Å². The Morgan fingerprint density at radius 1 is 1.00 bits per heavy atom. The molecule has 2 unspecified atom stereocenters. The predicted molar refractivity (Wildman–Crippen MR) is 149 cm³/mol. The van der Waals surface area contributed by atoms with Crippen LogP contribution in [0.4, 0.5) is 10.5 Å². The summed E-state index contributed by atoms with van der Waals surface area (Å²) in [6.45, 7) is 10.8. The minimum atomic E-state index is -0.844. The van der Waals surface area contributed by atoms with Crippen LogP contribution in [-0.2, 0) is 0 Å². The van der Waals surface area contributed by atoms with Gasteiger partial charge in [-0.2, -0.15) is 0 Å². The van der Waals surface area contributed by atoms with Crippen LogP contribution in [0.3, 0.4) is 0 Å². The molecule has 0 spiro atoms. The second-order valence-corrected chi connectivity index (χ2v) is 11.5. The number of ether oxygens (including phenoxy) is 1. The SMILES string of the molecule is CN1CCN(c2c(-c3ccc(OC4CCN(C(=O)O)C(C(C)(C)C)C4)cc3)ccc3cccnc23)CC1. The molecule has 2 fully saturated rings. The lowest BCUT2D eigenvalue weighted by atomic mass is 9.80. The molecule has 0 radical (unpaired) electrons. The molecule has 0 aliphatic carbocycles. The van der Waals surface area contributed by atoms with Gasteiger partial charge in [0.15, 0.2) is 0 Å². The largest absolute Gasteiger partial charge is 0.490 e. The molecule has 2 aliphatic heterocycles. The minimum Gasteiger partial charge on any atom is -0.490 e. The van der Waals surface area contributed by atoms with Gasteiger partial charge in [-0.15, -0.1) is 0 Å². The third-order valence-corrected chi connectivity index (χ3v) is 7.84. The molecule has 1 amide bonds. The number of fused-ring (bicyclic) bond motifs is 1. The summed E-state index contributed by atoms with van der Waals surface area (Å²) in [6, 6.07) is 16.8. The van der Waals surface area contributed by atoms with E-state index in [4.69, 9.17) is 9.72 Å². The fourth-order valence-corrected chi connectivity index (χ4v) is 5.71. The number of hydrogen-bond donors (Lipinski definition) is 1. The van der Waals surface area contributed by atoms with Crippen molar-refractivity contribution in [2.45, 2.75) is 45.8 Å². The van der Waals surface area contributed by atoms with Crippen molar-refractivity contribution in [1.29, 1.82) is 0 Å². The zero-order valence-electron chi connectivity index (χ0n) is 22.4. The summed E-state index contributed by atoms with van der Waals surface area (Å²) >= 11 is 0. The molecular formula is C30H38N4O3. The first-order valence-corrected chi connectivity index (χ1v) is 13.3. The van der Waals surface area contributed by atoms with Crippen LogP contribution in [0.1, 0.15) is 33.6 Å². The lowest BCUT2D eigenvalue weighted by molar-refractivity contribution is 0.0130. The van der Waals surface area contributed by atoms with Gasteiger partial charge >= 0.3 is 6.09 Å². The number of piperidine rings is 1. The van der Waals surface area contributed by atoms with E-state index < -0.39 is 6.09 Å². The molecule has 2 aromatic carbocycles. The number of anilines is 1. The molecule has 3 aromatic rings. The minimum absolute atomic E-state index is 0.00329. The lowest BCUT2D eigenvalue weighted by Gasteiger charge is -2.44. The number of likely N-dealkylation sites (tertiary alicyclic amines) is 1. The molecule has 3 heterocycles. The number of pyridine rings is 1. The van der Waals surface area contributed by atoms with Crippen molar-refractivity contribution in [2.75, 3.05) is 44.7 Å². The quantitative estimate of drug-likeness (QED) is 0.502. The first-order valence-electron chi connectivity index (χ1n) is 13.3. The summed E-state index contributed by atoms with van der Waals surface area (Å²) in [6.07, 6.45) is 2.43. The van der Waals surface area contributed by atoms with Crippen molar-refractivity contribution >= 4 is 22.7 Å². The Morgan fingerprint density at radius 3 is 2.41 bits per heavy atom. The van der Waals surface area contributed by atoms with Gasteiger partial charge in [0.2, 0.25) is 0 Å². The van der Waals surface area contributed by atoms with Crippen LogP contribution >= 0.6 is 0 Å². The first kappa shape index (κ1) is 25.3. The van der Waals surface area contributed by atoms with Gasteiger partial charge in [-0.3, -0.25) is 4.98 Å². The van der Waals surface area contributed by atoms with Crippen molar-refractivity contribution in [2.24, 2.45) is 5.41 Å². The molecule has 0 saturated carbocycles. The Balaban J connectivity index is 1.39. The first-order chi connectivity index (χ1) is 17.7. The average Bonchev–Trinajstić information content (AvgIpc) is 2.88. The molecule has 2 saturated heterocycles. The van der Waals surface area contributed by atoms with Crippen molar-refractivity contribution < 1.29 is 14.6 Å². The van der Waals surface area contributed by atoms with Crippen molar-refractivity contribution in [3.8, 4) is 16.9 Å². The van der Waals surface area contributed by atoms with Gasteiger partial charge in [0, 0.05) is 68.8 Å². The zero-order valence-corrected chi connectivity index (χ0v) is 22.4. The standard InChI is InChI=1S/C30H38N4O3/c1-30(2,3)26-20-24(13-15-34(26)29(35)36)37-23-10-7-21(8-11-23)25-12-9-22-6-5-14-31-27(22)28(25)33-18-16-32(4)17-19-33/h5-12,14,24,26H,13,15-20H2,1-4H3,(H,35,36). The smallest absolute Gasteiger partial charge is 0.407 e. The Bertz CT molecular complexity index is 1250. The Kier molecular flexibility index (Phi) is 6.99. The zero-order chi connectivity index (χ0) is 26.2. The van der Waals surface area contributed by atoms with E-state index in [0.29, 0.717) is 19.4 Å². The lowest BCUT2D eigenvalue weighted by Crippen LogP contribution is -2.53. The number of piperazine rings is 1. The number of nitrogens with zero attached hydrogens (tertiary/aromatic N) is 4. The number of benzene rings is 2. The summed E-state index contributed by atoms with van der Waals surface area (Å²) in [5.74, 6) is 0.824. The van der Waals surface area contributed by atoms with Crippen LogP contribution in [-0.4, -0.2) is 77.9 Å². The monoisotopic (exact) mass is 502 g/mol. The van der Waals surface area contributed by atoms with E-state index in [1.165, 1.54) is 11.3 Å². The molecule has 196 valence electrons. The van der Waals surface area contributed by atoms with E-state index >= 15 is 0 Å². The maximum Gasteiger partial charge on any atom is 0.407 e. The molecule has 0 bridgehead atoms. The fraction of sp³-hybridized carbons (Fsp3) is 0.467. The van der Waals surface area contributed by atoms with Gasteiger partial charge < -0.3 is 24.5 Å². The van der Waals surface area contributed by atoms with Crippen molar-refractivity contribution in [3.05, 3.63) is 54.7 Å². The summed E-state index contributed by atoms with van der Waals surface area (Å²) in [4.78, 5) is 23.0. The highest BCUT2D eigenvalue weighted by atomic mass is 16.5. The average molecular weight is 503 g/mol. The summed E-state index contributed by atoms with van der Waals surface area (Å²) in [5.41, 5.74) is 4.43. The maximum atomic E-state index is 11.8. The normalized spacial score (nSPS) is 21.3. The van der Waals surface area contributed by atoms with Gasteiger partial charge in [-0.05, 0) is 36.2 Å². The van der Waals surface area contributed by atoms with E-state index in [0.717, 1.165) is 48.4 Å². The number of aromatic nitrogens is 1. The van der Waals surface area contributed by atoms with Crippen LogP contribution in [0.25, 0.3) is 22.0 Å². The fourth-order valence-electron chi connectivity index (χ4n) is 5.71. The molecule has 1 aromatic heterocycles. The van der Waals surface area contributed by atoms with Crippen LogP contribution in [0, 0.1) is 5.41 Å². The van der Waals surface area contributed by atoms with E-state index in [1.807, 2.05) is 24.4 Å². The molecule has 2 aliphatic rings. The summed E-state index contributed by atoms with van der Waals surface area (Å²) in [5, 5.41) is 10.8. The second-order valence-electron chi connectivity index (χ2n) is 11.5. The number of hydrogen-bond acceptors (Lipinski definition) is 5. The van der Waals surface area contributed by atoms with Crippen molar-refractivity contribution in [3.63, 3.8) is 0 Å². The van der Waals surface area contributed by atoms with E-state index in [-0.39, 0.29) is 17.6 Å². The van der Waals surface area contributed by atoms with Crippen LogP contribution in [0.15, 0.2) is 54.7 Å². The number of carboxylic acid groups (broad SMARTS) is 1. The highest BCUT2D eigenvalue weighted by Crippen LogP contribution is 2.38. The Labute approximate surface area is 219 Å². The highest BCUT2D eigenvalue weighted by Gasteiger charge is 2.39. The molecule has 7 heteroatoms. The third-order valence-electron chi connectivity index (χ3n) is 7.84. The van der Waals surface area contributed by atoms with Gasteiger partial charge in [-0.1, -0.05) is 51.1 Å². The van der Waals surface area contributed by atoms with Gasteiger partial charge in [-0.25, -0.2) is 4.79 Å². The Morgan fingerprint density at radius 2 is 1.73 bits per heavy atom. The maximum absolute atomic E-state index is 11.8. The molecule has 2 atom stereocenters. The number of carbonyl (C=O) groups is 1. The van der Waals surface area contributed by atoms with Crippen LogP contribution in [0.2, 0.25) is 0 Å². The topological polar surface area (TPSA) is 69.1 Å². The number of likely N-dealkylation sites (N-methyl/N-ethyl adjacent to an activating group) is 1. The molecule has 1 N–H and O–H groups in total. The number of amides is 1. The highest BCUT2D eigenvalue weighted by molar-refractivity contribution is 5.99. The molecular weight excluding hydrogens is 464 g/mol. The Hall–Kier alpha value is -3.32. The van der Waals surface area contributed by atoms with E-state index in [1.54, 1.807) is 4.90 Å².